The minimum atomic E-state index is -3.12. The van der Waals surface area contributed by atoms with Crippen molar-refractivity contribution in [3.05, 3.63) is 89.1 Å². The molecule has 1 aromatic carbocycles. The molecule has 0 bridgehead atoms. The molecule has 0 radical (unpaired) electrons. The van der Waals surface area contributed by atoms with E-state index in [9.17, 15) is 19.2 Å². The molecule has 4 aromatic heterocycles. The van der Waals surface area contributed by atoms with Gasteiger partial charge in [0.15, 0.2) is 11.5 Å². The number of urea groups is 1. The highest BCUT2D eigenvalue weighted by Crippen LogP contribution is 2.51. The third-order valence-electron chi connectivity index (χ3n) is 12.1. The lowest BCUT2D eigenvalue weighted by Crippen LogP contribution is -2.70. The fourth-order valence-corrected chi connectivity index (χ4v) is 8.67. The van der Waals surface area contributed by atoms with E-state index in [0.717, 1.165) is 39.4 Å². The second-order valence-electron chi connectivity index (χ2n) is 16.4. The lowest BCUT2D eigenvalue weighted by Gasteiger charge is -2.57. The molecule has 4 N–H and O–H groups in total. The van der Waals surface area contributed by atoms with Crippen molar-refractivity contribution in [3.63, 3.8) is 0 Å². The van der Waals surface area contributed by atoms with Gasteiger partial charge >= 0.3 is 6.03 Å². The third-order valence-corrected chi connectivity index (χ3v) is 12.1. The number of benzene rings is 1. The summed E-state index contributed by atoms with van der Waals surface area (Å²) in [4.78, 5) is 69.5. The predicted octanol–water partition coefficient (Wildman–Crippen LogP) is 4.93. The monoisotopic (exact) mass is 832 g/mol. The molecule has 1 aliphatic carbocycles. The van der Waals surface area contributed by atoms with Crippen LogP contribution in [0.15, 0.2) is 61.1 Å². The molecule has 5 aliphatic rings. The minimum absolute atomic E-state index is 0.0335. The van der Waals surface area contributed by atoms with E-state index < -0.39 is 35.7 Å². The van der Waals surface area contributed by atoms with Gasteiger partial charge in [0.25, 0.3) is 17.7 Å². The van der Waals surface area contributed by atoms with E-state index in [1.165, 1.54) is 47.1 Å². The average molecular weight is 833 g/mol. The summed E-state index contributed by atoms with van der Waals surface area (Å²) in [6, 6.07) is 12.7. The first-order valence-electron chi connectivity index (χ1n) is 20.5. The number of rotatable bonds is 8. The number of alkyl halides is 2. The number of nitrogens with two attached hydrogens (primary N) is 1. The molecule has 1 spiro atoms. The zero-order chi connectivity index (χ0) is 42.6. The van der Waals surface area contributed by atoms with Crippen LogP contribution in [-0.2, 0) is 17.8 Å². The summed E-state index contributed by atoms with van der Waals surface area (Å²) in [5.41, 5.74) is 11.5. The van der Waals surface area contributed by atoms with Crippen molar-refractivity contribution in [1.29, 1.82) is 0 Å². The highest BCUT2D eigenvalue weighted by atomic mass is 19.3. The van der Waals surface area contributed by atoms with Gasteiger partial charge in [-0.25, -0.2) is 23.1 Å². The van der Waals surface area contributed by atoms with Gasteiger partial charge in [0.05, 0.1) is 35.2 Å². The quantitative estimate of drug-likeness (QED) is 0.193. The standard InChI is InChI=1S/C40H40F2N12O4.C3H6/c1-23-16-45-29(14-31(23)53-12-9-34(55)48-38(53)58)37(57)51-13-10-39(40(41,42)22-51)20-50(21-39)19-24-6-7-27(46-17-24)25-4-3-5-30-26(25)8-11-52(30)33-15-28(44-2)36-47-18-32(35(43)56)54(36)49-33;1-2-3-1/h3-7,14-18,44H,8-13,19-22H2,1-2H3,(H2,43,56)(H,48,55,58);1-3H2. The molecule has 5 amide bonds. The highest BCUT2D eigenvalue weighted by molar-refractivity contribution is 6.06. The molecule has 61 heavy (non-hydrogen) atoms. The Labute approximate surface area is 350 Å². The van der Waals surface area contributed by atoms with Gasteiger partial charge in [-0.15, -0.1) is 5.10 Å². The number of aromatic nitrogens is 5. The summed E-state index contributed by atoms with van der Waals surface area (Å²) in [6.07, 6.45) is 10.1. The number of aryl methyl sites for hydroxylation is 1. The molecule has 16 nitrogen and oxygen atoms in total. The van der Waals surface area contributed by atoms with Gasteiger partial charge in [-0.05, 0) is 54.7 Å². The largest absolute Gasteiger partial charge is 0.385 e. The van der Waals surface area contributed by atoms with Crippen LogP contribution < -0.4 is 26.2 Å². The smallest absolute Gasteiger partial charge is 0.328 e. The lowest BCUT2D eigenvalue weighted by atomic mass is 9.69. The number of carbonyl (C=O) groups excluding carboxylic acids is 4. The number of anilines is 4. The van der Waals surface area contributed by atoms with Crippen molar-refractivity contribution in [2.45, 2.75) is 57.9 Å². The van der Waals surface area contributed by atoms with E-state index in [1.807, 2.05) is 41.3 Å². The number of halogens is 2. The van der Waals surface area contributed by atoms with Crippen LogP contribution in [0.2, 0.25) is 0 Å². The fraction of sp³-hybridized carbons (Fsp3) is 0.395. The van der Waals surface area contributed by atoms with Crippen LogP contribution in [0.1, 0.15) is 69.8 Å². The van der Waals surface area contributed by atoms with E-state index in [1.54, 1.807) is 20.2 Å². The van der Waals surface area contributed by atoms with Crippen molar-refractivity contribution < 1.29 is 28.0 Å². The molecular weight excluding hydrogens is 787 g/mol. The number of hydrogen-bond acceptors (Lipinski definition) is 11. The molecule has 10 rings (SSSR count). The first-order chi connectivity index (χ1) is 29.3. The van der Waals surface area contributed by atoms with Crippen molar-refractivity contribution in [2.24, 2.45) is 11.1 Å². The normalized spacial score (nSPS) is 18.9. The Kier molecular flexibility index (Phi) is 10.1. The maximum absolute atomic E-state index is 15.9. The minimum Gasteiger partial charge on any atom is -0.385 e. The second-order valence-corrected chi connectivity index (χ2v) is 16.4. The summed E-state index contributed by atoms with van der Waals surface area (Å²) >= 11 is 0. The Bertz CT molecular complexity index is 2570. The fourth-order valence-electron chi connectivity index (χ4n) is 8.67. The molecule has 8 heterocycles. The Hall–Kier alpha value is -6.56. The van der Waals surface area contributed by atoms with Gasteiger partial charge in [0, 0.05) is 82.4 Å². The van der Waals surface area contributed by atoms with E-state index >= 15 is 8.78 Å². The molecule has 5 aromatic rings. The predicted molar refractivity (Wildman–Crippen MR) is 223 cm³/mol. The zero-order valence-electron chi connectivity index (χ0n) is 34.0. The Morgan fingerprint density at radius 2 is 1.69 bits per heavy atom. The van der Waals surface area contributed by atoms with Gasteiger partial charge in [-0.2, -0.15) is 0 Å². The number of nitrogens with zero attached hydrogens (tertiary/aromatic N) is 9. The van der Waals surface area contributed by atoms with Crippen LogP contribution in [0, 0.1) is 12.3 Å². The number of primary amides is 1. The van der Waals surface area contributed by atoms with Crippen LogP contribution >= 0.6 is 0 Å². The number of hydrogen-bond donors (Lipinski definition) is 3. The van der Waals surface area contributed by atoms with Crippen LogP contribution in [0.5, 0.6) is 0 Å². The number of imidazole rings is 1. The Morgan fingerprint density at radius 1 is 0.902 bits per heavy atom. The van der Waals surface area contributed by atoms with Crippen molar-refractivity contribution in [1.82, 2.24) is 39.7 Å². The molecular formula is C43H46F2N12O4. The second kappa shape index (κ2) is 15.5. The summed E-state index contributed by atoms with van der Waals surface area (Å²) in [6.45, 7) is 2.80. The van der Waals surface area contributed by atoms with Gasteiger partial charge < -0.3 is 20.9 Å². The number of imide groups is 1. The van der Waals surface area contributed by atoms with Crippen molar-refractivity contribution >= 4 is 52.3 Å². The topological polar surface area (TPSA) is 187 Å². The Balaban J connectivity index is 0.00000152. The number of nitrogens with one attached hydrogen (secondary N) is 2. The van der Waals surface area contributed by atoms with Crippen LogP contribution in [0.25, 0.3) is 16.9 Å². The number of amides is 5. The van der Waals surface area contributed by atoms with Gasteiger partial charge in [-0.3, -0.25) is 39.5 Å². The van der Waals surface area contributed by atoms with E-state index in [2.05, 4.69) is 25.5 Å². The average Bonchev–Trinajstić information content (AvgIpc) is 3.95. The lowest BCUT2D eigenvalue weighted by molar-refractivity contribution is -0.220. The maximum atomic E-state index is 15.9. The van der Waals surface area contributed by atoms with E-state index in [-0.39, 0.29) is 56.3 Å². The number of fused-ring (bicyclic) bond motifs is 2. The Morgan fingerprint density at radius 3 is 2.38 bits per heavy atom. The first kappa shape index (κ1) is 39.9. The molecule has 4 aliphatic heterocycles. The summed E-state index contributed by atoms with van der Waals surface area (Å²) in [5.74, 6) is -4.13. The van der Waals surface area contributed by atoms with Gasteiger partial charge in [0.2, 0.25) is 5.91 Å². The van der Waals surface area contributed by atoms with Crippen molar-refractivity contribution in [3.8, 4) is 11.3 Å². The van der Waals surface area contributed by atoms with Crippen LogP contribution in [0.3, 0.4) is 0 Å². The number of likely N-dealkylation sites (tertiary alicyclic amines) is 2. The first-order valence-corrected chi connectivity index (χ1v) is 20.5. The zero-order valence-corrected chi connectivity index (χ0v) is 34.0. The maximum Gasteiger partial charge on any atom is 0.328 e. The molecule has 0 atom stereocenters. The number of piperidine rings is 1. The summed E-state index contributed by atoms with van der Waals surface area (Å²) in [5, 5.41) is 10.1. The SMILES string of the molecule is C1CC1.CNc1cc(N2CCc3c(-c4ccc(CN5CC6(CCN(C(=O)c7cc(N8CCC(=O)NC8=O)c(C)cn7)CC6(F)F)C5)cn4)cccc32)nn2c(C(N)=O)cnc12. The van der Waals surface area contributed by atoms with Crippen molar-refractivity contribution in [2.75, 3.05) is 61.4 Å². The molecule has 3 saturated heterocycles. The van der Waals surface area contributed by atoms with Gasteiger partial charge in [0.1, 0.15) is 11.4 Å². The highest BCUT2D eigenvalue weighted by Gasteiger charge is 2.62. The van der Waals surface area contributed by atoms with E-state index in [4.69, 9.17) is 15.8 Å². The molecule has 0 unspecified atom stereocenters. The summed E-state index contributed by atoms with van der Waals surface area (Å²) in [7, 11) is 1.78. The number of pyridine rings is 2. The third kappa shape index (κ3) is 7.38. The summed E-state index contributed by atoms with van der Waals surface area (Å²) < 4.78 is 33.3. The molecule has 316 valence electrons. The van der Waals surface area contributed by atoms with Crippen LogP contribution in [-0.4, -0.2) is 110 Å². The van der Waals surface area contributed by atoms with Gasteiger partial charge in [-0.1, -0.05) is 37.5 Å². The molecule has 1 saturated carbocycles. The molecule has 18 heteroatoms. The number of carbonyl (C=O) groups is 4. The van der Waals surface area contributed by atoms with Crippen LogP contribution in [0.4, 0.5) is 36.5 Å². The van der Waals surface area contributed by atoms with E-state index in [0.29, 0.717) is 41.5 Å². The molecule has 4 fully saturated rings.